The van der Waals surface area contributed by atoms with Gasteiger partial charge in [0.1, 0.15) is 5.78 Å². The van der Waals surface area contributed by atoms with Crippen molar-refractivity contribution >= 4 is 17.7 Å². The average molecular weight is 869 g/mol. The molecule has 0 unspecified atom stereocenters. The lowest BCUT2D eigenvalue weighted by molar-refractivity contribution is -0.408. The molecule has 0 radical (unpaired) electrons. The number of benzene rings is 1. The fourth-order valence-corrected chi connectivity index (χ4v) is 11.5. The van der Waals surface area contributed by atoms with Gasteiger partial charge in [-0.15, -0.1) is 0 Å². The Balaban J connectivity index is 1.25. The molecule has 12 heteroatoms. The molecule has 3 N–H and O–H groups in total. The van der Waals surface area contributed by atoms with E-state index in [4.69, 9.17) is 28.4 Å². The number of aliphatic hydroxyl groups excluding tert-OH is 1. The molecule has 4 fully saturated rings. The molecule has 348 valence electrons. The van der Waals surface area contributed by atoms with Crippen LogP contribution in [0.15, 0.2) is 36.4 Å². The van der Waals surface area contributed by atoms with Gasteiger partial charge in [-0.1, -0.05) is 73.1 Å². The molecular weight excluding hydrogens is 793 g/mol. The van der Waals surface area contributed by atoms with Gasteiger partial charge >= 0.3 is 11.9 Å². The third-order valence-electron chi connectivity index (χ3n) is 15.9. The van der Waals surface area contributed by atoms with Gasteiger partial charge in [-0.3, -0.25) is 9.59 Å². The van der Waals surface area contributed by atoms with Crippen LogP contribution in [0, 0.1) is 48.3 Å². The van der Waals surface area contributed by atoms with Crippen LogP contribution in [0.5, 0.6) is 0 Å². The number of hydrogen-bond acceptors (Lipinski definition) is 11. The average Bonchev–Trinajstić information content (AvgIpc) is 3.58. The van der Waals surface area contributed by atoms with Gasteiger partial charge in [-0.25, -0.2) is 4.79 Å². The van der Waals surface area contributed by atoms with Crippen LogP contribution in [-0.2, 0) is 38.0 Å². The molecule has 5 aliphatic rings. The van der Waals surface area contributed by atoms with E-state index in [2.05, 4.69) is 20.8 Å². The van der Waals surface area contributed by atoms with E-state index in [0.717, 1.165) is 12.0 Å². The van der Waals surface area contributed by atoms with Crippen LogP contribution in [0.3, 0.4) is 0 Å². The Hall–Kier alpha value is -2.71. The summed E-state index contributed by atoms with van der Waals surface area (Å²) in [7, 11) is 0. The standard InChI is InChI=1S/C50H76O12/c1-12-36(45(53)54)38-20-17-29(5)43(58-38)33(9)41(51)32(8)42(52)37(13-2)44-30(6)27-31(7)49(60-44)24-22-40(59-46(55)35-18-15-28(4)16-19-35)50(62-49)26-25-47(11,61-50)39-21-23-48(56,14-3)34(10)57-39/h15-16,18-19,22,24,29-34,36-41,43-44,51,56H,12-14,17,20-21,23,25-27H2,1-11H3,(H,53,54)/t29-,30-,31+,32-,33-,34-,36+,37-,38+,39+,40+,41+,43+,44-,47-,48+,49-,50-/m0/s1. The first-order valence-corrected chi connectivity index (χ1v) is 23.7. The molecule has 0 amide bonds. The summed E-state index contributed by atoms with van der Waals surface area (Å²) in [5.74, 6) is -6.78. The highest BCUT2D eigenvalue weighted by Crippen LogP contribution is 2.55. The number of aliphatic hydroxyl groups is 2. The smallest absolute Gasteiger partial charge is 0.338 e. The SMILES string of the molecule is CC[C@@H](C(=O)[C@@H](C)[C@@H](O)[C@H](C)[C@@H]1O[C@@H]([C@@H](CC)C(=O)O)CC[C@@H]1C)[C@H]1O[C@]2(C=C[C@@H](OC(=O)c3ccc(C)cc3)[C@]3(CC[C@@](C)([C@H]4CC[C@](O)(CC)[C@H](C)O4)O3)O2)[C@H](C)C[C@@H]1C. The summed E-state index contributed by atoms with van der Waals surface area (Å²) >= 11 is 0. The van der Waals surface area contributed by atoms with Crippen LogP contribution in [0.2, 0.25) is 0 Å². The third-order valence-corrected chi connectivity index (χ3v) is 15.9. The van der Waals surface area contributed by atoms with Crippen LogP contribution in [-0.4, -0.2) is 98.5 Å². The van der Waals surface area contributed by atoms with Gasteiger partial charge in [0.25, 0.3) is 0 Å². The number of carboxylic acid groups (broad SMARTS) is 1. The van der Waals surface area contributed by atoms with Crippen LogP contribution in [0.4, 0.5) is 0 Å². The summed E-state index contributed by atoms with van der Waals surface area (Å²) in [6.45, 7) is 21.5. The van der Waals surface area contributed by atoms with Crippen LogP contribution in [0.1, 0.15) is 149 Å². The minimum absolute atomic E-state index is 0.0370. The first kappa shape index (κ1) is 48.7. The van der Waals surface area contributed by atoms with E-state index in [9.17, 15) is 29.7 Å². The second kappa shape index (κ2) is 19.0. The number of carbonyl (C=O) groups is 3. The minimum Gasteiger partial charge on any atom is -0.481 e. The van der Waals surface area contributed by atoms with Crippen molar-refractivity contribution in [2.45, 2.75) is 206 Å². The summed E-state index contributed by atoms with van der Waals surface area (Å²) in [4.78, 5) is 40.5. The Labute approximate surface area is 369 Å². The van der Waals surface area contributed by atoms with Crippen molar-refractivity contribution in [2.75, 3.05) is 0 Å². The van der Waals surface area contributed by atoms with Crippen LogP contribution in [0.25, 0.3) is 0 Å². The van der Waals surface area contributed by atoms with Gasteiger partial charge in [0.15, 0.2) is 11.9 Å². The number of Topliss-reactive ketones (excluding diaryl/α,β-unsaturated/α-hetero) is 1. The largest absolute Gasteiger partial charge is 0.481 e. The predicted molar refractivity (Wildman–Crippen MR) is 233 cm³/mol. The monoisotopic (exact) mass is 869 g/mol. The molecule has 1 aromatic carbocycles. The molecule has 5 heterocycles. The maximum Gasteiger partial charge on any atom is 0.338 e. The molecule has 12 nitrogen and oxygen atoms in total. The maximum atomic E-state index is 14.7. The summed E-state index contributed by atoms with van der Waals surface area (Å²) < 4.78 is 40.8. The number of carbonyl (C=O) groups excluding carboxylic acids is 2. The fraction of sp³-hybridized carbons (Fsp3) is 0.780. The number of hydrogen-bond donors (Lipinski definition) is 3. The molecule has 5 aliphatic heterocycles. The lowest BCUT2D eigenvalue weighted by Crippen LogP contribution is -2.63. The second-order valence-electron chi connectivity index (χ2n) is 20.2. The number of rotatable bonds is 14. The molecule has 0 bridgehead atoms. The highest BCUT2D eigenvalue weighted by Gasteiger charge is 2.64. The Bertz CT molecular complexity index is 1770. The maximum absolute atomic E-state index is 14.7. The highest BCUT2D eigenvalue weighted by atomic mass is 16.8. The number of aliphatic carboxylic acids is 1. The van der Waals surface area contributed by atoms with Gasteiger partial charge in [-0.2, -0.15) is 0 Å². The minimum atomic E-state index is -1.45. The molecule has 6 rings (SSSR count). The van der Waals surface area contributed by atoms with Gasteiger partial charge in [0, 0.05) is 30.1 Å². The second-order valence-corrected chi connectivity index (χ2v) is 20.2. The summed E-state index contributed by atoms with van der Waals surface area (Å²) in [5, 5.41) is 33.0. The fourth-order valence-electron chi connectivity index (χ4n) is 11.5. The third kappa shape index (κ3) is 9.36. The van der Waals surface area contributed by atoms with Crippen molar-refractivity contribution in [1.82, 2.24) is 0 Å². The Morgan fingerprint density at radius 3 is 2.16 bits per heavy atom. The zero-order valence-corrected chi connectivity index (χ0v) is 39.1. The van der Waals surface area contributed by atoms with Gasteiger partial charge in [-0.05, 0) is 115 Å². The quantitative estimate of drug-likeness (QED) is 0.121. The molecule has 0 aliphatic carbocycles. The van der Waals surface area contributed by atoms with E-state index in [-0.39, 0.29) is 29.6 Å². The molecule has 18 atom stereocenters. The lowest BCUT2D eigenvalue weighted by atomic mass is 9.72. The lowest BCUT2D eigenvalue weighted by Gasteiger charge is -2.54. The normalized spacial score (nSPS) is 41.0. The van der Waals surface area contributed by atoms with Gasteiger partial charge < -0.3 is 43.7 Å². The Morgan fingerprint density at radius 2 is 1.55 bits per heavy atom. The molecule has 4 saturated heterocycles. The molecule has 0 saturated carbocycles. The van der Waals surface area contributed by atoms with Crippen molar-refractivity contribution in [3.05, 3.63) is 47.5 Å². The molecular formula is C50H76O12. The van der Waals surface area contributed by atoms with E-state index in [1.54, 1.807) is 19.1 Å². The zero-order valence-electron chi connectivity index (χ0n) is 39.1. The topological polar surface area (TPSA) is 167 Å². The first-order valence-electron chi connectivity index (χ1n) is 23.7. The molecule has 0 aromatic heterocycles. The van der Waals surface area contributed by atoms with Crippen molar-refractivity contribution < 1.29 is 58.1 Å². The van der Waals surface area contributed by atoms with E-state index >= 15 is 0 Å². The van der Waals surface area contributed by atoms with E-state index in [1.807, 2.05) is 72.8 Å². The summed E-state index contributed by atoms with van der Waals surface area (Å²) in [6.07, 6.45) is 5.17. The van der Waals surface area contributed by atoms with E-state index < -0.39 is 95.0 Å². The number of ketones is 1. The predicted octanol–water partition coefficient (Wildman–Crippen LogP) is 8.36. The number of ether oxygens (including phenoxy) is 6. The van der Waals surface area contributed by atoms with E-state index in [1.165, 1.54) is 0 Å². The van der Waals surface area contributed by atoms with Gasteiger partial charge in [0.05, 0.1) is 59.3 Å². The van der Waals surface area contributed by atoms with Crippen LogP contribution >= 0.6 is 0 Å². The summed E-state index contributed by atoms with van der Waals surface area (Å²) in [6, 6.07) is 7.21. The van der Waals surface area contributed by atoms with Crippen LogP contribution < -0.4 is 0 Å². The summed E-state index contributed by atoms with van der Waals surface area (Å²) in [5.41, 5.74) is -0.343. The van der Waals surface area contributed by atoms with Crippen molar-refractivity contribution in [1.29, 1.82) is 0 Å². The highest BCUT2D eigenvalue weighted by molar-refractivity contribution is 5.89. The van der Waals surface area contributed by atoms with E-state index in [0.29, 0.717) is 63.4 Å². The molecule has 62 heavy (non-hydrogen) atoms. The molecule has 1 aromatic rings. The Kier molecular flexibility index (Phi) is 15.0. The number of carboxylic acids is 1. The van der Waals surface area contributed by atoms with Gasteiger partial charge in [0.2, 0.25) is 5.79 Å². The van der Waals surface area contributed by atoms with Crippen molar-refractivity contribution in [2.24, 2.45) is 41.4 Å². The number of esters is 1. The number of aryl methyl sites for hydroxylation is 1. The van der Waals surface area contributed by atoms with Crippen molar-refractivity contribution in [3.63, 3.8) is 0 Å². The van der Waals surface area contributed by atoms with Crippen molar-refractivity contribution in [3.8, 4) is 0 Å². The molecule has 2 spiro atoms. The zero-order chi connectivity index (χ0) is 45.5. The first-order chi connectivity index (χ1) is 29.2. The Morgan fingerprint density at radius 1 is 0.871 bits per heavy atom.